The van der Waals surface area contributed by atoms with Gasteiger partial charge in [0.25, 0.3) is 0 Å². The Morgan fingerprint density at radius 3 is 2.48 bits per heavy atom. The predicted molar refractivity (Wildman–Crippen MR) is 218 cm³/mol. The van der Waals surface area contributed by atoms with Gasteiger partial charge in [-0.25, -0.2) is 19.3 Å². The number of aryl methyl sites for hydroxylation is 4. The Morgan fingerprint density at radius 1 is 0.962 bits per heavy atom. The van der Waals surface area contributed by atoms with Gasteiger partial charge in [-0.05, 0) is 99.9 Å². The van der Waals surface area contributed by atoms with Crippen LogP contribution in [0.1, 0.15) is 70.3 Å². The lowest BCUT2D eigenvalue weighted by atomic mass is 9.92. The highest BCUT2D eigenvalue weighted by Gasteiger charge is 2.29. The van der Waals surface area contributed by atoms with Gasteiger partial charge in [0.15, 0.2) is 5.65 Å². The average molecular weight is 703 g/mol. The van der Waals surface area contributed by atoms with E-state index in [0.717, 1.165) is 102 Å². The maximum Gasteiger partial charge on any atom is 0.186 e. The molecule has 2 bridgehead atoms. The van der Waals surface area contributed by atoms with Crippen LogP contribution in [0.2, 0.25) is 0 Å². The van der Waals surface area contributed by atoms with Gasteiger partial charge >= 0.3 is 0 Å². The summed E-state index contributed by atoms with van der Waals surface area (Å²) in [6.07, 6.45) is 10.7. The zero-order valence-electron chi connectivity index (χ0n) is 32.9. The van der Waals surface area contributed by atoms with Gasteiger partial charge < -0.3 is 19.7 Å². The first-order chi connectivity index (χ1) is 25.1. The largest absolute Gasteiger partial charge is 0.352 e. The van der Waals surface area contributed by atoms with E-state index in [1.165, 1.54) is 16.7 Å². The molecule has 1 N–H and O–H groups in total. The summed E-state index contributed by atoms with van der Waals surface area (Å²) >= 11 is 0. The monoisotopic (exact) mass is 702 g/mol. The standard InChI is InChI=1S/C40H54N10.C2H4/c1-10-29-21-46(8)23-31(12-3)49(40-33-20-42-50(39(33)45-47(40)9)36-16-13-25(4)17-30(36)11-2)24-41-38-27(6)14-15-34(44-38)32-18-26(5)19-35-37(32)48(22-29)28(7)43-35;1-2/h13-16,18-20,25,29,31H,10-12,17,21-24H2,1-9H3,(H,41,44);1-2H2. The molecule has 7 rings (SSSR count). The van der Waals surface area contributed by atoms with Gasteiger partial charge in [0.2, 0.25) is 0 Å². The third-order valence-electron chi connectivity index (χ3n) is 11.0. The number of nitrogens with zero attached hydrogens (tertiary/aromatic N) is 9. The van der Waals surface area contributed by atoms with Crippen molar-refractivity contribution in [1.29, 1.82) is 0 Å². The minimum absolute atomic E-state index is 0.225. The van der Waals surface area contributed by atoms with Crippen molar-refractivity contribution < 1.29 is 0 Å². The van der Waals surface area contributed by atoms with E-state index >= 15 is 0 Å². The summed E-state index contributed by atoms with van der Waals surface area (Å²) in [7, 11) is 4.36. The van der Waals surface area contributed by atoms with Gasteiger partial charge in [-0.15, -0.1) is 13.2 Å². The van der Waals surface area contributed by atoms with E-state index in [1.807, 2.05) is 6.20 Å². The molecule has 0 saturated heterocycles. The molecule has 5 aromatic rings. The molecule has 0 saturated carbocycles. The lowest BCUT2D eigenvalue weighted by molar-refractivity contribution is 0.237. The Kier molecular flexibility index (Phi) is 11.0. The van der Waals surface area contributed by atoms with Crippen LogP contribution in [-0.2, 0) is 13.6 Å². The minimum atomic E-state index is 0.225. The molecule has 0 radical (unpaired) electrons. The first-order valence-corrected chi connectivity index (χ1v) is 19.1. The molecule has 0 fully saturated rings. The molecule has 4 aromatic heterocycles. The van der Waals surface area contributed by atoms with Crippen LogP contribution in [0.4, 0.5) is 11.6 Å². The lowest BCUT2D eigenvalue weighted by Gasteiger charge is -2.36. The second-order valence-electron chi connectivity index (χ2n) is 14.8. The number of hydrogen-bond donors (Lipinski definition) is 1. The first kappa shape index (κ1) is 37.1. The minimum Gasteiger partial charge on any atom is -0.352 e. The highest BCUT2D eigenvalue weighted by Crippen LogP contribution is 2.36. The van der Waals surface area contributed by atoms with E-state index in [9.17, 15) is 0 Å². The zero-order chi connectivity index (χ0) is 37.3. The van der Waals surface area contributed by atoms with Crippen LogP contribution in [0.15, 0.2) is 61.3 Å². The van der Waals surface area contributed by atoms with Gasteiger partial charge in [0.05, 0.1) is 40.7 Å². The molecule has 1 aromatic carbocycles. The number of rotatable bonds is 5. The number of likely N-dealkylation sites (N-methyl/N-ethyl adjacent to an activating group) is 1. The van der Waals surface area contributed by atoms with Crippen LogP contribution in [0.5, 0.6) is 0 Å². The Bertz CT molecular complexity index is 2110. The van der Waals surface area contributed by atoms with Crippen LogP contribution in [-0.4, -0.2) is 71.8 Å². The van der Waals surface area contributed by atoms with Gasteiger partial charge in [-0.1, -0.05) is 46.3 Å². The summed E-state index contributed by atoms with van der Waals surface area (Å²) in [6.45, 7) is 25.0. The van der Waals surface area contributed by atoms with Crippen LogP contribution in [0.25, 0.3) is 39.0 Å². The van der Waals surface area contributed by atoms with Crippen LogP contribution < -0.4 is 10.2 Å². The van der Waals surface area contributed by atoms with E-state index in [1.54, 1.807) is 0 Å². The molecular weight excluding hydrogens is 645 g/mol. The quantitative estimate of drug-likeness (QED) is 0.183. The average Bonchev–Trinajstić information content (AvgIpc) is 3.78. The van der Waals surface area contributed by atoms with Crippen LogP contribution in [0, 0.1) is 32.6 Å². The number of imidazole rings is 1. The molecule has 276 valence electrons. The highest BCUT2D eigenvalue weighted by atomic mass is 15.4. The van der Waals surface area contributed by atoms with Crippen molar-refractivity contribution in [2.75, 3.05) is 37.0 Å². The molecule has 1 aliphatic carbocycles. The fraction of sp³-hybridized carbons (Fsp3) is 0.476. The van der Waals surface area contributed by atoms with Gasteiger partial charge in [-0.3, -0.25) is 0 Å². The van der Waals surface area contributed by atoms with E-state index in [4.69, 9.17) is 20.2 Å². The Balaban J connectivity index is 0.00000228. The number of aromatic nitrogens is 7. The molecule has 0 amide bonds. The fourth-order valence-corrected chi connectivity index (χ4v) is 8.19. The molecule has 3 unspecified atom stereocenters. The Morgan fingerprint density at radius 2 is 1.75 bits per heavy atom. The summed E-state index contributed by atoms with van der Waals surface area (Å²) in [5.74, 6) is 4.03. The zero-order valence-corrected chi connectivity index (χ0v) is 32.9. The van der Waals surface area contributed by atoms with Crippen molar-refractivity contribution in [3.8, 4) is 11.3 Å². The number of pyridine rings is 1. The van der Waals surface area contributed by atoms with E-state index in [-0.39, 0.29) is 6.04 Å². The highest BCUT2D eigenvalue weighted by molar-refractivity contribution is 5.93. The van der Waals surface area contributed by atoms with Crippen molar-refractivity contribution in [3.05, 3.63) is 78.3 Å². The Labute approximate surface area is 309 Å². The second-order valence-corrected chi connectivity index (χ2v) is 14.8. The molecule has 5 heterocycles. The molecule has 2 aliphatic rings. The van der Waals surface area contributed by atoms with Gasteiger partial charge in [0.1, 0.15) is 17.5 Å². The molecule has 3 atom stereocenters. The van der Waals surface area contributed by atoms with Crippen LogP contribution >= 0.6 is 0 Å². The van der Waals surface area contributed by atoms with Crippen LogP contribution in [0.3, 0.4) is 0 Å². The predicted octanol–water partition coefficient (Wildman–Crippen LogP) is 8.75. The van der Waals surface area contributed by atoms with Crippen molar-refractivity contribution >= 4 is 39.4 Å². The number of allylic oxidation sites excluding steroid dienone is 4. The number of fused-ring (bicyclic) bond motifs is 4. The number of anilines is 2. The van der Waals surface area contributed by atoms with Gasteiger partial charge in [0, 0.05) is 38.3 Å². The Hall–Kier alpha value is -4.70. The molecule has 0 spiro atoms. The maximum absolute atomic E-state index is 5.31. The van der Waals surface area contributed by atoms with Crippen molar-refractivity contribution in [2.24, 2.45) is 18.9 Å². The third-order valence-corrected chi connectivity index (χ3v) is 11.0. The fourth-order valence-electron chi connectivity index (χ4n) is 8.19. The molecule has 1 aliphatic heterocycles. The summed E-state index contributed by atoms with van der Waals surface area (Å²) in [4.78, 5) is 15.4. The van der Waals surface area contributed by atoms with Crippen molar-refractivity contribution in [3.63, 3.8) is 0 Å². The summed E-state index contributed by atoms with van der Waals surface area (Å²) in [6, 6.07) is 9.07. The third kappa shape index (κ3) is 6.93. The summed E-state index contributed by atoms with van der Waals surface area (Å²) in [5, 5.41) is 15.0. The van der Waals surface area contributed by atoms with Crippen molar-refractivity contribution in [2.45, 2.75) is 86.7 Å². The molecular formula is C42H58N10. The number of nitrogens with one attached hydrogen (secondary N) is 1. The maximum atomic E-state index is 5.31. The van der Waals surface area contributed by atoms with Gasteiger partial charge in [-0.2, -0.15) is 10.2 Å². The van der Waals surface area contributed by atoms with E-state index in [0.29, 0.717) is 18.5 Å². The summed E-state index contributed by atoms with van der Waals surface area (Å²) in [5.41, 5.74) is 10.1. The molecule has 10 heteroatoms. The lowest BCUT2D eigenvalue weighted by Crippen LogP contribution is -2.47. The number of hydrogen-bond acceptors (Lipinski definition) is 7. The number of benzene rings is 1. The topological polar surface area (TPSA) is 84.9 Å². The van der Waals surface area contributed by atoms with E-state index in [2.05, 4.69) is 141 Å². The first-order valence-electron chi connectivity index (χ1n) is 19.1. The SMILES string of the molecule is C=C.CCC1=C(n2ncc3c(N4CNc5nc(ccc5C)-c5cc(C)cc6nc(C)n(c56)CC(CC)CN(C)CC4CC)n(C)nc32)C=CC(C)C1. The second kappa shape index (κ2) is 15.5. The normalized spacial score (nSPS) is 20.1. The van der Waals surface area contributed by atoms with E-state index < -0.39 is 0 Å². The summed E-state index contributed by atoms with van der Waals surface area (Å²) < 4.78 is 6.56. The smallest absolute Gasteiger partial charge is 0.186 e. The van der Waals surface area contributed by atoms with Crippen molar-refractivity contribution in [1.82, 2.24) is 39.0 Å². The molecule has 10 nitrogen and oxygen atoms in total. The molecule has 52 heavy (non-hydrogen) atoms.